The number of rotatable bonds is 2. The molecule has 0 fully saturated rings. The van der Waals surface area contributed by atoms with Crippen molar-refractivity contribution in [2.75, 3.05) is 0 Å². The number of nitrogens with zero attached hydrogens (tertiary/aromatic N) is 2. The fraction of sp³-hybridized carbons (Fsp3) is 0.571. The van der Waals surface area contributed by atoms with Gasteiger partial charge in [0.1, 0.15) is 0 Å². The summed E-state index contributed by atoms with van der Waals surface area (Å²) in [5.74, 6) is 0. The highest BCUT2D eigenvalue weighted by Crippen LogP contribution is 2.22. The molecule has 1 heterocycles. The first kappa shape index (κ1) is 9.07. The summed E-state index contributed by atoms with van der Waals surface area (Å²) in [6.07, 6.45) is 0.926. The van der Waals surface area contributed by atoms with E-state index in [0.717, 1.165) is 28.2 Å². The molecule has 0 saturated carbocycles. The first-order valence-corrected chi connectivity index (χ1v) is 4.96. The fourth-order valence-electron chi connectivity index (χ4n) is 1.06. The third-order valence-corrected chi connectivity index (χ3v) is 2.60. The lowest BCUT2D eigenvalue weighted by Crippen LogP contribution is -1.96. The van der Waals surface area contributed by atoms with Crippen LogP contribution < -0.4 is 0 Å². The van der Waals surface area contributed by atoms with E-state index < -0.39 is 0 Å². The summed E-state index contributed by atoms with van der Waals surface area (Å²) in [5, 5.41) is 5.76. The van der Waals surface area contributed by atoms with E-state index in [-0.39, 0.29) is 0 Å². The van der Waals surface area contributed by atoms with Crippen molar-refractivity contribution in [1.82, 2.24) is 9.78 Å². The predicted molar refractivity (Wildman–Crippen MR) is 50.2 cm³/mol. The summed E-state index contributed by atoms with van der Waals surface area (Å²) >= 11 is 9.34. The highest BCUT2D eigenvalue weighted by Gasteiger charge is 2.10. The molecule has 0 bridgehead atoms. The number of hydrogen-bond acceptors (Lipinski definition) is 1. The molecule has 0 aliphatic carbocycles. The first-order chi connectivity index (χ1) is 5.20. The van der Waals surface area contributed by atoms with E-state index in [1.165, 1.54) is 0 Å². The lowest BCUT2D eigenvalue weighted by atomic mass is 10.3. The maximum Gasteiger partial charge on any atom is 0.0918 e. The molecule has 11 heavy (non-hydrogen) atoms. The molecule has 0 saturated heterocycles. The molecule has 62 valence electrons. The Balaban J connectivity index is 3.14. The molecule has 4 heteroatoms. The number of aryl methyl sites for hydroxylation is 1. The Morgan fingerprint density at radius 2 is 2.27 bits per heavy atom. The van der Waals surface area contributed by atoms with Gasteiger partial charge >= 0.3 is 0 Å². The van der Waals surface area contributed by atoms with E-state index in [9.17, 15) is 0 Å². The molecule has 0 radical (unpaired) electrons. The van der Waals surface area contributed by atoms with Crippen LogP contribution in [0.1, 0.15) is 18.3 Å². The van der Waals surface area contributed by atoms with Gasteiger partial charge in [0, 0.05) is 12.4 Å². The minimum atomic E-state index is 0.722. The molecule has 0 unspecified atom stereocenters. The monoisotopic (exact) mass is 236 g/mol. The third kappa shape index (κ3) is 1.59. The summed E-state index contributed by atoms with van der Waals surface area (Å²) in [6, 6.07) is 0. The van der Waals surface area contributed by atoms with Gasteiger partial charge in [-0.15, -0.1) is 0 Å². The van der Waals surface area contributed by atoms with E-state index in [2.05, 4.69) is 28.0 Å². The van der Waals surface area contributed by atoms with E-state index in [1.54, 1.807) is 0 Å². The van der Waals surface area contributed by atoms with Crippen molar-refractivity contribution >= 4 is 27.5 Å². The van der Waals surface area contributed by atoms with Gasteiger partial charge in [-0.05, 0) is 6.42 Å². The molecular weight excluding hydrogens is 227 g/mol. The van der Waals surface area contributed by atoms with Crippen LogP contribution in [0.4, 0.5) is 0 Å². The van der Waals surface area contributed by atoms with Crippen LogP contribution in [0.2, 0.25) is 5.02 Å². The minimum Gasteiger partial charge on any atom is -0.271 e. The Kier molecular flexibility index (Phi) is 2.96. The number of halogens is 2. The van der Waals surface area contributed by atoms with Crippen LogP contribution in [0.15, 0.2) is 0 Å². The van der Waals surface area contributed by atoms with Gasteiger partial charge in [-0.3, -0.25) is 4.68 Å². The van der Waals surface area contributed by atoms with Crippen molar-refractivity contribution in [3.8, 4) is 0 Å². The Morgan fingerprint density at radius 3 is 2.55 bits per heavy atom. The molecule has 1 aromatic heterocycles. The molecule has 0 spiro atoms. The van der Waals surface area contributed by atoms with Gasteiger partial charge in [0.15, 0.2) is 0 Å². The normalized spacial score (nSPS) is 10.5. The minimum absolute atomic E-state index is 0.722. The van der Waals surface area contributed by atoms with Crippen molar-refractivity contribution in [3.05, 3.63) is 16.4 Å². The molecule has 1 aromatic rings. The maximum atomic E-state index is 6.02. The Morgan fingerprint density at radius 1 is 1.64 bits per heavy atom. The van der Waals surface area contributed by atoms with E-state index in [1.807, 2.05) is 11.7 Å². The fourth-order valence-corrected chi connectivity index (χ4v) is 1.98. The largest absolute Gasteiger partial charge is 0.271 e. The van der Waals surface area contributed by atoms with E-state index in [0.29, 0.717) is 0 Å². The molecule has 0 aliphatic rings. The van der Waals surface area contributed by atoms with E-state index in [4.69, 9.17) is 11.6 Å². The van der Waals surface area contributed by atoms with Crippen molar-refractivity contribution in [2.24, 2.45) is 7.05 Å². The maximum absolute atomic E-state index is 6.02. The average molecular weight is 238 g/mol. The van der Waals surface area contributed by atoms with Gasteiger partial charge in [-0.1, -0.05) is 34.5 Å². The van der Waals surface area contributed by atoms with Crippen molar-refractivity contribution in [2.45, 2.75) is 18.7 Å². The second-order valence-electron chi connectivity index (χ2n) is 2.32. The smallest absolute Gasteiger partial charge is 0.0918 e. The molecule has 0 amide bonds. The molecule has 2 nitrogen and oxygen atoms in total. The summed E-state index contributed by atoms with van der Waals surface area (Å²) in [7, 11) is 1.91. The molecular formula is C7H10BrClN2. The lowest BCUT2D eigenvalue weighted by molar-refractivity contribution is 0.710. The highest BCUT2D eigenvalue weighted by molar-refractivity contribution is 9.08. The van der Waals surface area contributed by atoms with Gasteiger partial charge in [0.25, 0.3) is 0 Å². The van der Waals surface area contributed by atoms with Crippen LogP contribution >= 0.6 is 27.5 Å². The van der Waals surface area contributed by atoms with Gasteiger partial charge in [-0.2, -0.15) is 5.10 Å². The lowest BCUT2D eigenvalue weighted by Gasteiger charge is -1.95. The predicted octanol–water partition coefficient (Wildman–Crippen LogP) is 2.53. The van der Waals surface area contributed by atoms with Crippen LogP contribution in [0.3, 0.4) is 0 Å². The number of aromatic nitrogens is 2. The molecule has 0 N–H and O–H groups in total. The topological polar surface area (TPSA) is 17.8 Å². The molecule has 0 aromatic carbocycles. The van der Waals surface area contributed by atoms with Crippen LogP contribution in [0.5, 0.6) is 0 Å². The van der Waals surface area contributed by atoms with Crippen LogP contribution in [0, 0.1) is 0 Å². The highest BCUT2D eigenvalue weighted by atomic mass is 79.9. The van der Waals surface area contributed by atoms with Gasteiger partial charge in [-0.25, -0.2) is 0 Å². The van der Waals surface area contributed by atoms with Gasteiger partial charge < -0.3 is 0 Å². The Labute approximate surface area is 79.7 Å². The van der Waals surface area contributed by atoms with Crippen LogP contribution in [-0.4, -0.2) is 9.78 Å². The number of alkyl halides is 1. The van der Waals surface area contributed by atoms with Gasteiger partial charge in [0.2, 0.25) is 0 Å². The molecule has 1 rings (SSSR count). The first-order valence-electron chi connectivity index (χ1n) is 3.46. The zero-order valence-corrected chi connectivity index (χ0v) is 8.91. The standard InChI is InChI=1S/C7H10BrClN2/c1-3-6-7(9)5(4-8)10-11(6)2/h3-4H2,1-2H3. The molecule has 0 atom stereocenters. The Hall–Kier alpha value is -0.0200. The Bertz CT molecular complexity index is 257. The zero-order valence-electron chi connectivity index (χ0n) is 6.56. The SMILES string of the molecule is CCc1c(Cl)c(CBr)nn1C. The quantitative estimate of drug-likeness (QED) is 0.723. The van der Waals surface area contributed by atoms with Crippen molar-refractivity contribution < 1.29 is 0 Å². The van der Waals surface area contributed by atoms with E-state index >= 15 is 0 Å². The third-order valence-electron chi connectivity index (χ3n) is 1.63. The zero-order chi connectivity index (χ0) is 8.43. The molecule has 0 aliphatic heterocycles. The van der Waals surface area contributed by atoms with Crippen LogP contribution in [-0.2, 0) is 18.8 Å². The average Bonchev–Trinajstić information content (AvgIpc) is 2.26. The second-order valence-corrected chi connectivity index (χ2v) is 3.26. The summed E-state index contributed by atoms with van der Waals surface area (Å²) in [5.41, 5.74) is 2.02. The summed E-state index contributed by atoms with van der Waals surface area (Å²) < 4.78 is 1.83. The second kappa shape index (κ2) is 3.59. The van der Waals surface area contributed by atoms with Crippen molar-refractivity contribution in [1.29, 1.82) is 0 Å². The van der Waals surface area contributed by atoms with Gasteiger partial charge in [0.05, 0.1) is 16.4 Å². The summed E-state index contributed by atoms with van der Waals surface area (Å²) in [4.78, 5) is 0. The number of hydrogen-bond donors (Lipinski definition) is 0. The van der Waals surface area contributed by atoms with Crippen LogP contribution in [0.25, 0.3) is 0 Å². The summed E-state index contributed by atoms with van der Waals surface area (Å²) in [6.45, 7) is 2.07. The van der Waals surface area contributed by atoms with Crippen molar-refractivity contribution in [3.63, 3.8) is 0 Å².